The molecule has 0 bridgehead atoms. The van der Waals surface area contributed by atoms with E-state index in [0.29, 0.717) is 0 Å². The summed E-state index contributed by atoms with van der Waals surface area (Å²) in [6.07, 6.45) is 35.9. The van der Waals surface area contributed by atoms with Crippen molar-refractivity contribution in [2.24, 2.45) is 9.98 Å². The SMILES string of the molecule is CCCCCCCCCCCCC#CC(C=Nc1cc(CCCCC)cc(CCCCC)c1)=Nc1cc(CCCCC)cc(CCCCC)c1. The van der Waals surface area contributed by atoms with E-state index in [1.807, 2.05) is 6.21 Å². The molecule has 2 heteroatoms. The van der Waals surface area contributed by atoms with E-state index in [1.54, 1.807) is 0 Å². The summed E-state index contributed by atoms with van der Waals surface area (Å²) in [4.78, 5) is 10.3. The molecule has 0 aliphatic rings. The fraction of sp³-hybridized carbons (Fsp3) is 0.667. The first-order valence-corrected chi connectivity index (χ1v) is 21.5. The molecular weight excluding hydrogens is 605 g/mol. The van der Waals surface area contributed by atoms with Gasteiger partial charge in [-0.1, -0.05) is 162 Å². The minimum absolute atomic E-state index is 0.784. The van der Waals surface area contributed by atoms with Gasteiger partial charge in [-0.25, -0.2) is 4.99 Å². The van der Waals surface area contributed by atoms with E-state index in [0.717, 1.165) is 49.2 Å². The average Bonchev–Trinajstić information content (AvgIpc) is 3.11. The van der Waals surface area contributed by atoms with Crippen LogP contribution in [0.2, 0.25) is 0 Å². The standard InChI is InChI=1S/C48H76N2/c1-6-11-16-17-18-19-20-21-22-23-24-29-34-46(50-48-39-44(32-27-14-9-4)36-45(40-48)33-28-15-10-5)41-49-47-37-42(30-25-12-7-2)35-43(38-47)31-26-13-8-3/h35-41H,6-28,30-33H2,1-5H3. The Balaban J connectivity index is 2.29. The minimum Gasteiger partial charge on any atom is -0.254 e. The highest BCUT2D eigenvalue weighted by atomic mass is 14.8. The monoisotopic (exact) mass is 681 g/mol. The second-order valence-corrected chi connectivity index (χ2v) is 14.8. The largest absolute Gasteiger partial charge is 0.254 e. The van der Waals surface area contributed by atoms with E-state index in [4.69, 9.17) is 9.98 Å². The highest BCUT2D eigenvalue weighted by Crippen LogP contribution is 2.24. The zero-order chi connectivity index (χ0) is 35.9. The summed E-state index contributed by atoms with van der Waals surface area (Å²) in [5.41, 5.74) is 8.53. The molecule has 2 aromatic carbocycles. The van der Waals surface area contributed by atoms with Gasteiger partial charge in [0.1, 0.15) is 5.71 Å². The molecular formula is C48H76N2. The Morgan fingerprint density at radius 2 is 0.800 bits per heavy atom. The molecule has 0 spiro atoms. The first-order chi connectivity index (χ1) is 24.6. The first kappa shape index (κ1) is 43.5. The maximum Gasteiger partial charge on any atom is 0.132 e. The van der Waals surface area contributed by atoms with Crippen LogP contribution in [0.1, 0.15) is 205 Å². The number of aryl methyl sites for hydroxylation is 4. The van der Waals surface area contributed by atoms with Crippen molar-refractivity contribution in [1.82, 2.24) is 0 Å². The van der Waals surface area contributed by atoms with E-state index < -0.39 is 0 Å². The number of benzene rings is 2. The summed E-state index contributed by atoms with van der Waals surface area (Å²) >= 11 is 0. The molecule has 0 fully saturated rings. The number of rotatable bonds is 29. The Morgan fingerprint density at radius 1 is 0.440 bits per heavy atom. The summed E-state index contributed by atoms with van der Waals surface area (Å²) < 4.78 is 0. The van der Waals surface area contributed by atoms with Crippen LogP contribution in [0.3, 0.4) is 0 Å². The topological polar surface area (TPSA) is 24.7 Å². The number of nitrogens with zero attached hydrogens (tertiary/aromatic N) is 2. The highest BCUT2D eigenvalue weighted by Gasteiger charge is 2.05. The smallest absolute Gasteiger partial charge is 0.132 e. The first-order valence-electron chi connectivity index (χ1n) is 21.5. The molecule has 0 N–H and O–H groups in total. The third-order valence-corrected chi connectivity index (χ3v) is 9.81. The summed E-state index contributed by atoms with van der Waals surface area (Å²) in [5.74, 6) is 6.98. The van der Waals surface area contributed by atoms with Crippen molar-refractivity contribution in [3.05, 3.63) is 58.7 Å². The fourth-order valence-corrected chi connectivity index (χ4v) is 6.74. The highest BCUT2D eigenvalue weighted by molar-refractivity contribution is 6.39. The second kappa shape index (κ2) is 30.0. The Hall–Kier alpha value is -2.66. The molecule has 2 rings (SSSR count). The minimum atomic E-state index is 0.784. The summed E-state index contributed by atoms with van der Waals surface area (Å²) in [5, 5.41) is 0. The van der Waals surface area contributed by atoms with Crippen molar-refractivity contribution >= 4 is 23.3 Å². The molecule has 0 unspecified atom stereocenters. The lowest BCUT2D eigenvalue weighted by Crippen LogP contribution is -1.97. The Bertz CT molecular complexity index is 1200. The van der Waals surface area contributed by atoms with Gasteiger partial charge in [-0.3, -0.25) is 4.99 Å². The van der Waals surface area contributed by atoms with Gasteiger partial charge < -0.3 is 0 Å². The second-order valence-electron chi connectivity index (χ2n) is 14.8. The van der Waals surface area contributed by atoms with E-state index in [1.165, 1.54) is 164 Å². The maximum absolute atomic E-state index is 5.20. The predicted octanol–water partition coefficient (Wildman–Crippen LogP) is 15.4. The molecule has 0 heterocycles. The van der Waals surface area contributed by atoms with Gasteiger partial charge in [0, 0.05) is 6.42 Å². The van der Waals surface area contributed by atoms with Gasteiger partial charge in [0.25, 0.3) is 0 Å². The lowest BCUT2D eigenvalue weighted by Gasteiger charge is -2.09. The van der Waals surface area contributed by atoms with Crippen LogP contribution in [-0.4, -0.2) is 11.9 Å². The lowest BCUT2D eigenvalue weighted by atomic mass is 10.00. The van der Waals surface area contributed by atoms with Crippen molar-refractivity contribution < 1.29 is 0 Å². The molecule has 0 aromatic heterocycles. The molecule has 0 amide bonds. The molecule has 0 atom stereocenters. The van der Waals surface area contributed by atoms with Crippen LogP contribution < -0.4 is 0 Å². The number of hydrogen-bond acceptors (Lipinski definition) is 2. The van der Waals surface area contributed by atoms with E-state index in [2.05, 4.69) is 82.9 Å². The summed E-state index contributed by atoms with van der Waals surface area (Å²) in [6.45, 7) is 11.4. The van der Waals surface area contributed by atoms with Crippen molar-refractivity contribution in [2.45, 2.75) is 208 Å². The normalized spacial score (nSPS) is 11.7. The predicted molar refractivity (Wildman–Crippen MR) is 225 cm³/mol. The van der Waals surface area contributed by atoms with Gasteiger partial charge in [-0.2, -0.15) is 0 Å². The van der Waals surface area contributed by atoms with Crippen molar-refractivity contribution in [1.29, 1.82) is 0 Å². The van der Waals surface area contributed by atoms with E-state index in [-0.39, 0.29) is 0 Å². The van der Waals surface area contributed by atoms with Crippen molar-refractivity contribution in [2.75, 3.05) is 0 Å². The molecule has 50 heavy (non-hydrogen) atoms. The Kier molecular flexibility index (Phi) is 26.1. The lowest BCUT2D eigenvalue weighted by molar-refractivity contribution is 0.558. The van der Waals surface area contributed by atoms with Gasteiger partial charge >= 0.3 is 0 Å². The molecule has 0 saturated carbocycles. The van der Waals surface area contributed by atoms with Crippen LogP contribution in [0.15, 0.2) is 46.4 Å². The van der Waals surface area contributed by atoms with Gasteiger partial charge in [0.05, 0.1) is 17.6 Å². The van der Waals surface area contributed by atoms with Crippen molar-refractivity contribution in [3.8, 4) is 11.8 Å². The molecule has 0 aliphatic heterocycles. The summed E-state index contributed by atoms with van der Waals surface area (Å²) in [7, 11) is 0. The number of aliphatic imine (C=N–C) groups is 2. The molecule has 0 radical (unpaired) electrons. The number of hydrogen-bond donors (Lipinski definition) is 0. The molecule has 278 valence electrons. The molecule has 2 nitrogen and oxygen atoms in total. The van der Waals surface area contributed by atoms with Crippen LogP contribution >= 0.6 is 0 Å². The molecule has 0 aliphatic carbocycles. The van der Waals surface area contributed by atoms with Gasteiger partial charge in [0.15, 0.2) is 0 Å². The van der Waals surface area contributed by atoms with Crippen LogP contribution in [-0.2, 0) is 25.7 Å². The van der Waals surface area contributed by atoms with Crippen molar-refractivity contribution in [3.63, 3.8) is 0 Å². The Labute approximate surface area is 310 Å². The quantitative estimate of drug-likeness (QED) is 0.0464. The average molecular weight is 681 g/mol. The van der Waals surface area contributed by atoms with Gasteiger partial charge in [0.2, 0.25) is 0 Å². The van der Waals surface area contributed by atoms with Gasteiger partial charge in [-0.15, -0.1) is 0 Å². The fourth-order valence-electron chi connectivity index (χ4n) is 6.74. The van der Waals surface area contributed by atoms with E-state index >= 15 is 0 Å². The van der Waals surface area contributed by atoms with Gasteiger partial charge in [-0.05, 0) is 110 Å². The number of unbranched alkanes of at least 4 members (excludes halogenated alkanes) is 18. The van der Waals surface area contributed by atoms with Crippen LogP contribution in [0.25, 0.3) is 0 Å². The van der Waals surface area contributed by atoms with Crippen LogP contribution in [0.4, 0.5) is 11.4 Å². The zero-order valence-electron chi connectivity index (χ0n) is 33.5. The molecule has 2 aromatic rings. The maximum atomic E-state index is 5.20. The summed E-state index contributed by atoms with van der Waals surface area (Å²) in [6, 6.07) is 14.1. The van der Waals surface area contributed by atoms with Crippen LogP contribution in [0.5, 0.6) is 0 Å². The zero-order valence-corrected chi connectivity index (χ0v) is 33.5. The molecule has 0 saturated heterocycles. The van der Waals surface area contributed by atoms with E-state index in [9.17, 15) is 0 Å². The third kappa shape index (κ3) is 21.5. The van der Waals surface area contributed by atoms with Crippen LogP contribution in [0, 0.1) is 11.8 Å². The third-order valence-electron chi connectivity index (χ3n) is 9.81. The Morgan fingerprint density at radius 3 is 1.22 bits per heavy atom.